The monoisotopic (exact) mass is 464 g/mol. The Morgan fingerprint density at radius 1 is 0.970 bits per heavy atom. The predicted octanol–water partition coefficient (Wildman–Crippen LogP) is 3.25. The van der Waals surface area contributed by atoms with E-state index in [9.17, 15) is 19.2 Å². The number of esters is 2. The van der Waals surface area contributed by atoms with E-state index in [1.165, 1.54) is 7.11 Å². The van der Waals surface area contributed by atoms with Crippen LogP contribution in [0.2, 0.25) is 0 Å². The lowest BCUT2D eigenvalue weighted by molar-refractivity contribution is -0.155. The second-order valence-electron chi connectivity index (χ2n) is 8.57. The molecule has 9 nitrogen and oxygen atoms in total. The number of ether oxygens (including phenoxy) is 3. The van der Waals surface area contributed by atoms with Crippen LogP contribution < -0.4 is 10.6 Å². The van der Waals surface area contributed by atoms with Crippen molar-refractivity contribution in [3.8, 4) is 0 Å². The van der Waals surface area contributed by atoms with Crippen molar-refractivity contribution in [3.05, 3.63) is 35.9 Å². The molecule has 33 heavy (non-hydrogen) atoms. The molecule has 1 atom stereocenters. The smallest absolute Gasteiger partial charge is 0.408 e. The minimum atomic E-state index is -0.988. The predicted molar refractivity (Wildman–Crippen MR) is 122 cm³/mol. The van der Waals surface area contributed by atoms with Gasteiger partial charge in [-0.2, -0.15) is 0 Å². The Bertz CT molecular complexity index is 760. The summed E-state index contributed by atoms with van der Waals surface area (Å²) in [4.78, 5) is 47.7. The van der Waals surface area contributed by atoms with Crippen LogP contribution in [0.5, 0.6) is 0 Å². The van der Waals surface area contributed by atoms with Crippen LogP contribution in [0.25, 0.3) is 0 Å². The first-order chi connectivity index (χ1) is 15.6. The van der Waals surface area contributed by atoms with Gasteiger partial charge in [-0.25, -0.2) is 9.59 Å². The van der Waals surface area contributed by atoms with Crippen LogP contribution >= 0.6 is 0 Å². The first-order valence-corrected chi connectivity index (χ1v) is 11.1. The zero-order valence-electron chi connectivity index (χ0n) is 20.0. The van der Waals surface area contributed by atoms with Gasteiger partial charge in [0.2, 0.25) is 5.91 Å². The van der Waals surface area contributed by atoms with Crippen LogP contribution in [0, 0.1) is 0 Å². The van der Waals surface area contributed by atoms with E-state index in [0.29, 0.717) is 19.4 Å². The molecule has 0 bridgehead atoms. The first kappa shape index (κ1) is 27.9. The summed E-state index contributed by atoms with van der Waals surface area (Å²) in [5.41, 5.74) is 0.327. The number of methoxy groups -OCH3 is 1. The van der Waals surface area contributed by atoms with E-state index >= 15 is 0 Å². The van der Waals surface area contributed by atoms with Gasteiger partial charge in [0, 0.05) is 19.4 Å². The standard InChI is InChI=1S/C24H36N2O7/c1-24(2,3)33-21(28)13-9-6-10-16-25-20(27)15-14-19(22(29)31-4)26-23(30)32-17-18-11-7-5-8-12-18/h5,7-8,11-12,19H,6,9-10,13-17H2,1-4H3,(H,25,27)(H,26,30)/t19-/m0/s1. The largest absolute Gasteiger partial charge is 0.467 e. The van der Waals surface area contributed by atoms with Crippen molar-refractivity contribution in [1.82, 2.24) is 10.6 Å². The molecular weight excluding hydrogens is 428 g/mol. The molecule has 0 saturated carbocycles. The van der Waals surface area contributed by atoms with Crippen LogP contribution in [0.4, 0.5) is 4.79 Å². The third kappa shape index (κ3) is 13.8. The molecule has 0 unspecified atom stereocenters. The highest BCUT2D eigenvalue weighted by Crippen LogP contribution is 2.10. The Morgan fingerprint density at radius 2 is 1.67 bits per heavy atom. The number of unbranched alkanes of at least 4 members (excludes halogenated alkanes) is 2. The molecule has 0 spiro atoms. The van der Waals surface area contributed by atoms with E-state index in [4.69, 9.17) is 14.2 Å². The lowest BCUT2D eigenvalue weighted by Crippen LogP contribution is -2.42. The average molecular weight is 465 g/mol. The normalized spacial score (nSPS) is 11.8. The van der Waals surface area contributed by atoms with Crippen LogP contribution in [-0.4, -0.2) is 49.2 Å². The molecule has 0 heterocycles. The van der Waals surface area contributed by atoms with Gasteiger partial charge in [0.15, 0.2) is 0 Å². The summed E-state index contributed by atoms with van der Waals surface area (Å²) in [6.07, 6.45) is 1.88. The van der Waals surface area contributed by atoms with Gasteiger partial charge in [0.25, 0.3) is 0 Å². The topological polar surface area (TPSA) is 120 Å². The van der Waals surface area contributed by atoms with Crippen molar-refractivity contribution in [3.63, 3.8) is 0 Å². The molecule has 0 fully saturated rings. The van der Waals surface area contributed by atoms with Gasteiger partial charge in [-0.3, -0.25) is 9.59 Å². The van der Waals surface area contributed by atoms with Crippen molar-refractivity contribution >= 4 is 23.9 Å². The number of benzene rings is 1. The Kier molecular flexibility index (Phi) is 12.6. The van der Waals surface area contributed by atoms with Gasteiger partial charge in [-0.05, 0) is 45.6 Å². The minimum Gasteiger partial charge on any atom is -0.467 e. The molecule has 2 N–H and O–H groups in total. The molecule has 0 aliphatic rings. The summed E-state index contributed by atoms with van der Waals surface area (Å²) in [6, 6.07) is 8.14. The Labute approximate surface area is 195 Å². The molecule has 1 aromatic rings. The van der Waals surface area contributed by atoms with E-state index in [2.05, 4.69) is 10.6 Å². The van der Waals surface area contributed by atoms with Gasteiger partial charge in [-0.1, -0.05) is 36.8 Å². The summed E-state index contributed by atoms with van der Waals surface area (Å²) in [5.74, 6) is -1.12. The maximum Gasteiger partial charge on any atom is 0.408 e. The second-order valence-corrected chi connectivity index (χ2v) is 8.57. The summed E-state index contributed by atoms with van der Waals surface area (Å²) < 4.78 is 15.1. The van der Waals surface area contributed by atoms with E-state index in [1.54, 1.807) is 0 Å². The number of hydrogen-bond donors (Lipinski definition) is 2. The molecule has 184 valence electrons. The molecule has 0 aromatic heterocycles. The van der Waals surface area contributed by atoms with Gasteiger partial charge < -0.3 is 24.8 Å². The minimum absolute atomic E-state index is 0.0383. The molecule has 0 radical (unpaired) electrons. The highest BCUT2D eigenvalue weighted by atomic mass is 16.6. The van der Waals surface area contributed by atoms with Crippen molar-refractivity contribution in [1.29, 1.82) is 0 Å². The quantitative estimate of drug-likeness (QED) is 0.261. The fraction of sp³-hybridized carbons (Fsp3) is 0.583. The fourth-order valence-electron chi connectivity index (χ4n) is 2.85. The van der Waals surface area contributed by atoms with E-state index < -0.39 is 23.7 Å². The Balaban J connectivity index is 2.26. The first-order valence-electron chi connectivity index (χ1n) is 11.1. The van der Waals surface area contributed by atoms with E-state index in [0.717, 1.165) is 18.4 Å². The molecule has 2 amide bonds. The molecular formula is C24H36N2O7. The zero-order valence-corrected chi connectivity index (χ0v) is 20.0. The van der Waals surface area contributed by atoms with E-state index in [-0.39, 0.29) is 31.3 Å². The van der Waals surface area contributed by atoms with Gasteiger partial charge in [-0.15, -0.1) is 0 Å². The van der Waals surface area contributed by atoms with Crippen LogP contribution in [-0.2, 0) is 35.2 Å². The van der Waals surface area contributed by atoms with Crippen LogP contribution in [0.3, 0.4) is 0 Å². The third-order valence-corrected chi connectivity index (χ3v) is 4.45. The summed E-state index contributed by atoms with van der Waals surface area (Å²) in [5, 5.41) is 5.21. The summed E-state index contributed by atoms with van der Waals surface area (Å²) >= 11 is 0. The fourth-order valence-corrected chi connectivity index (χ4v) is 2.85. The summed E-state index contributed by atoms with van der Waals surface area (Å²) in [6.45, 7) is 6.01. The number of hydrogen-bond acceptors (Lipinski definition) is 7. The highest BCUT2D eigenvalue weighted by Gasteiger charge is 2.23. The average Bonchev–Trinajstić information content (AvgIpc) is 2.76. The van der Waals surface area contributed by atoms with Crippen molar-refractivity contribution in [2.75, 3.05) is 13.7 Å². The lowest BCUT2D eigenvalue weighted by Gasteiger charge is -2.19. The third-order valence-electron chi connectivity index (χ3n) is 4.45. The molecule has 0 saturated heterocycles. The van der Waals surface area contributed by atoms with Crippen molar-refractivity contribution in [2.24, 2.45) is 0 Å². The molecule has 9 heteroatoms. The zero-order chi connectivity index (χ0) is 24.7. The highest BCUT2D eigenvalue weighted by molar-refractivity contribution is 5.82. The molecule has 0 aliphatic heterocycles. The Morgan fingerprint density at radius 3 is 2.30 bits per heavy atom. The Hall–Kier alpha value is -3.10. The number of nitrogens with one attached hydrogen (secondary N) is 2. The molecule has 0 aliphatic carbocycles. The van der Waals surface area contributed by atoms with Gasteiger partial charge in [0.1, 0.15) is 18.2 Å². The second kappa shape index (κ2) is 14.9. The number of alkyl carbamates (subject to hydrolysis) is 1. The van der Waals surface area contributed by atoms with Crippen molar-refractivity contribution in [2.45, 2.75) is 77.5 Å². The van der Waals surface area contributed by atoms with Crippen LogP contribution in [0.1, 0.15) is 64.9 Å². The maximum absolute atomic E-state index is 12.1. The van der Waals surface area contributed by atoms with E-state index in [1.807, 2.05) is 51.1 Å². The maximum atomic E-state index is 12.1. The lowest BCUT2D eigenvalue weighted by atomic mass is 10.1. The number of amides is 2. The molecule has 1 aromatic carbocycles. The summed E-state index contributed by atoms with van der Waals surface area (Å²) in [7, 11) is 1.21. The number of carbonyl (C=O) groups excluding carboxylic acids is 4. The molecule has 1 rings (SSSR count). The van der Waals surface area contributed by atoms with Crippen molar-refractivity contribution < 1.29 is 33.4 Å². The SMILES string of the molecule is COC(=O)[C@H](CCC(=O)NCCCCCC(=O)OC(C)(C)C)NC(=O)OCc1ccccc1. The number of carbonyl (C=O) groups is 4. The van der Waals surface area contributed by atoms with Gasteiger partial charge >= 0.3 is 18.0 Å². The van der Waals surface area contributed by atoms with Crippen LogP contribution in [0.15, 0.2) is 30.3 Å². The van der Waals surface area contributed by atoms with Gasteiger partial charge in [0.05, 0.1) is 7.11 Å². The number of rotatable bonds is 13.